The normalized spacial score (nSPS) is 12.3. The average Bonchev–Trinajstić information content (AvgIpc) is 2.73. The van der Waals surface area contributed by atoms with Crippen LogP contribution in [0.4, 0.5) is 0 Å². The number of nitrogens with zero attached hydrogens (tertiary/aromatic N) is 2. The molecule has 0 aliphatic carbocycles. The highest BCUT2D eigenvalue weighted by atomic mass is 16.4. The van der Waals surface area contributed by atoms with Crippen molar-refractivity contribution in [1.82, 2.24) is 4.57 Å². The van der Waals surface area contributed by atoms with Crippen LogP contribution in [0.5, 0.6) is 0 Å². The Morgan fingerprint density at radius 3 is 2.68 bits per heavy atom. The number of aliphatic carboxylic acids is 1. The summed E-state index contributed by atoms with van der Waals surface area (Å²) < 4.78 is 4.12. The number of carbonyl (C=O) groups is 1. The smallest absolute Gasteiger partial charge is 0.310 e. The van der Waals surface area contributed by atoms with E-state index >= 15 is 0 Å². The van der Waals surface area contributed by atoms with Gasteiger partial charge in [-0.05, 0) is 12.5 Å². The number of hydrogen-bond donors (Lipinski definition) is 1. The van der Waals surface area contributed by atoms with E-state index in [-0.39, 0.29) is 5.92 Å². The minimum absolute atomic E-state index is 0.378. The number of benzene rings is 1. The molecule has 1 unspecified atom stereocenters. The first kappa shape index (κ1) is 13.3. The first-order valence-corrected chi connectivity index (χ1v) is 6.40. The van der Waals surface area contributed by atoms with Crippen molar-refractivity contribution in [1.29, 1.82) is 0 Å². The van der Waals surface area contributed by atoms with Crippen molar-refractivity contribution < 1.29 is 14.5 Å². The Hall–Kier alpha value is -2.10. The molecule has 0 aliphatic rings. The van der Waals surface area contributed by atoms with Crippen LogP contribution < -0.4 is 4.57 Å². The van der Waals surface area contributed by atoms with Crippen LogP contribution in [0.2, 0.25) is 0 Å². The lowest BCUT2D eigenvalue weighted by Crippen LogP contribution is -2.36. The summed E-state index contributed by atoms with van der Waals surface area (Å²) in [6.45, 7) is 5.05. The Kier molecular flexibility index (Phi) is 4.00. The van der Waals surface area contributed by atoms with Crippen LogP contribution in [0.1, 0.15) is 18.3 Å². The Balaban J connectivity index is 2.12. The first-order chi connectivity index (χ1) is 9.08. The molecular formula is C15H19N2O2+. The Bertz CT molecular complexity index is 561. The second-order valence-corrected chi connectivity index (χ2v) is 4.85. The molecule has 19 heavy (non-hydrogen) atoms. The lowest BCUT2D eigenvalue weighted by Gasteiger charge is -2.05. The maximum Gasteiger partial charge on any atom is 0.310 e. The van der Waals surface area contributed by atoms with Gasteiger partial charge in [-0.3, -0.25) is 4.79 Å². The molecule has 1 atom stereocenters. The molecule has 1 aromatic carbocycles. The van der Waals surface area contributed by atoms with Gasteiger partial charge in [0.05, 0.1) is 5.92 Å². The summed E-state index contributed by atoms with van der Waals surface area (Å²) in [6.07, 6.45) is 3.94. The van der Waals surface area contributed by atoms with Gasteiger partial charge in [-0.1, -0.05) is 30.3 Å². The molecule has 0 saturated heterocycles. The zero-order chi connectivity index (χ0) is 13.8. The van der Waals surface area contributed by atoms with Crippen LogP contribution in [-0.2, 0) is 17.9 Å². The van der Waals surface area contributed by atoms with E-state index in [0.717, 1.165) is 12.4 Å². The molecule has 0 saturated carbocycles. The van der Waals surface area contributed by atoms with Crippen molar-refractivity contribution in [2.45, 2.75) is 26.9 Å². The zero-order valence-corrected chi connectivity index (χ0v) is 11.3. The maximum absolute atomic E-state index is 10.9. The predicted octanol–water partition coefficient (Wildman–Crippen LogP) is 1.85. The van der Waals surface area contributed by atoms with Gasteiger partial charge in [0.25, 0.3) is 5.82 Å². The minimum Gasteiger partial charge on any atom is -0.481 e. The van der Waals surface area contributed by atoms with Gasteiger partial charge < -0.3 is 5.11 Å². The zero-order valence-electron chi connectivity index (χ0n) is 11.3. The van der Waals surface area contributed by atoms with E-state index < -0.39 is 5.97 Å². The van der Waals surface area contributed by atoms with Crippen LogP contribution >= 0.6 is 0 Å². The number of hydrogen-bond acceptors (Lipinski definition) is 1. The van der Waals surface area contributed by atoms with Crippen LogP contribution in [0.15, 0.2) is 42.7 Å². The highest BCUT2D eigenvalue weighted by molar-refractivity contribution is 5.69. The molecule has 1 aromatic heterocycles. The van der Waals surface area contributed by atoms with E-state index in [9.17, 15) is 4.79 Å². The Labute approximate surface area is 112 Å². The van der Waals surface area contributed by atoms with Crippen LogP contribution in [0.25, 0.3) is 0 Å². The second-order valence-electron chi connectivity index (χ2n) is 4.85. The lowest BCUT2D eigenvalue weighted by atomic mass is 10.2. The fourth-order valence-corrected chi connectivity index (χ4v) is 2.06. The molecule has 1 heterocycles. The third-order valence-corrected chi connectivity index (χ3v) is 3.35. The van der Waals surface area contributed by atoms with Crippen molar-refractivity contribution in [3.05, 3.63) is 54.1 Å². The van der Waals surface area contributed by atoms with Crippen molar-refractivity contribution >= 4 is 5.97 Å². The van der Waals surface area contributed by atoms with Crippen LogP contribution in [-0.4, -0.2) is 15.6 Å². The number of aromatic nitrogens is 2. The van der Waals surface area contributed by atoms with Crippen molar-refractivity contribution in [3.8, 4) is 0 Å². The van der Waals surface area contributed by atoms with E-state index in [4.69, 9.17) is 5.11 Å². The molecule has 100 valence electrons. The topological polar surface area (TPSA) is 46.1 Å². The van der Waals surface area contributed by atoms with Crippen molar-refractivity contribution in [3.63, 3.8) is 0 Å². The molecule has 0 amide bonds. The average molecular weight is 259 g/mol. The molecular weight excluding hydrogens is 240 g/mol. The molecule has 0 radical (unpaired) electrons. The monoisotopic (exact) mass is 259 g/mol. The quantitative estimate of drug-likeness (QED) is 0.833. The summed E-state index contributed by atoms with van der Waals surface area (Å²) in [4.78, 5) is 10.9. The summed E-state index contributed by atoms with van der Waals surface area (Å²) in [5, 5.41) is 8.96. The second kappa shape index (κ2) is 5.69. The molecule has 0 spiro atoms. The van der Waals surface area contributed by atoms with Crippen molar-refractivity contribution in [2.24, 2.45) is 5.92 Å². The van der Waals surface area contributed by atoms with Gasteiger partial charge in [0.15, 0.2) is 0 Å². The number of rotatable bonds is 5. The Morgan fingerprint density at radius 1 is 1.37 bits per heavy atom. The van der Waals surface area contributed by atoms with E-state index in [1.54, 1.807) is 6.92 Å². The van der Waals surface area contributed by atoms with E-state index in [0.29, 0.717) is 6.54 Å². The van der Waals surface area contributed by atoms with Gasteiger partial charge in [-0.25, -0.2) is 9.13 Å². The largest absolute Gasteiger partial charge is 0.481 e. The minimum atomic E-state index is -0.761. The molecule has 4 nitrogen and oxygen atoms in total. The molecule has 2 rings (SSSR count). The highest BCUT2D eigenvalue weighted by Gasteiger charge is 2.19. The first-order valence-electron chi connectivity index (χ1n) is 6.40. The number of imidazole rings is 1. The van der Waals surface area contributed by atoms with Crippen LogP contribution in [0, 0.1) is 12.8 Å². The molecule has 4 heteroatoms. The lowest BCUT2D eigenvalue weighted by molar-refractivity contribution is -0.694. The third kappa shape index (κ3) is 3.22. The summed E-state index contributed by atoms with van der Waals surface area (Å²) >= 11 is 0. The van der Waals surface area contributed by atoms with Gasteiger partial charge in [-0.15, -0.1) is 0 Å². The van der Waals surface area contributed by atoms with E-state index in [1.807, 2.05) is 42.1 Å². The summed E-state index contributed by atoms with van der Waals surface area (Å²) in [5.74, 6) is -0.0732. The SMILES string of the molecule is Cc1n(CC(C)C(=O)O)cc[n+]1Cc1ccccc1. The van der Waals surface area contributed by atoms with Gasteiger partial charge in [0, 0.05) is 6.92 Å². The van der Waals surface area contributed by atoms with Crippen molar-refractivity contribution in [2.75, 3.05) is 0 Å². The van der Waals surface area contributed by atoms with Gasteiger partial charge in [-0.2, -0.15) is 0 Å². The molecule has 1 N–H and O–H groups in total. The summed E-state index contributed by atoms with van der Waals surface area (Å²) in [5.41, 5.74) is 1.24. The number of carboxylic acids is 1. The van der Waals surface area contributed by atoms with Gasteiger partial charge >= 0.3 is 5.97 Å². The Morgan fingerprint density at radius 2 is 2.05 bits per heavy atom. The highest BCUT2D eigenvalue weighted by Crippen LogP contribution is 2.04. The molecule has 0 bridgehead atoms. The van der Waals surface area contributed by atoms with Gasteiger partial charge in [0.2, 0.25) is 0 Å². The summed E-state index contributed by atoms with van der Waals surface area (Å²) in [6, 6.07) is 10.2. The maximum atomic E-state index is 10.9. The fraction of sp³-hybridized carbons (Fsp3) is 0.333. The van der Waals surface area contributed by atoms with Crippen LogP contribution in [0.3, 0.4) is 0 Å². The summed E-state index contributed by atoms with van der Waals surface area (Å²) in [7, 11) is 0. The molecule has 0 fully saturated rings. The van der Waals surface area contributed by atoms with E-state index in [2.05, 4.69) is 16.7 Å². The van der Waals surface area contributed by atoms with E-state index in [1.165, 1.54) is 5.56 Å². The molecule has 2 aromatic rings. The standard InChI is InChI=1S/C15H18N2O2/c1-12(15(18)19)10-16-8-9-17(13(16)2)11-14-6-4-3-5-7-14/h3-9,12H,10-11H2,1-2H3/p+1. The predicted molar refractivity (Wildman–Crippen MR) is 71.7 cm³/mol. The van der Waals surface area contributed by atoms with Gasteiger partial charge in [0.1, 0.15) is 25.5 Å². The number of carboxylic acid groups (broad SMARTS) is 1. The molecule has 0 aliphatic heterocycles. The fourth-order valence-electron chi connectivity index (χ4n) is 2.06. The third-order valence-electron chi connectivity index (χ3n) is 3.35.